The van der Waals surface area contributed by atoms with Gasteiger partial charge in [0.25, 0.3) is 5.91 Å². The Morgan fingerprint density at radius 1 is 1.20 bits per heavy atom. The van der Waals surface area contributed by atoms with E-state index in [1.807, 2.05) is 0 Å². The number of carbonyl (C=O) groups is 1. The van der Waals surface area contributed by atoms with Crippen LogP contribution in [0.1, 0.15) is 15.9 Å². The molecular formula is C14H13F2N3O. The van der Waals surface area contributed by atoms with Crippen molar-refractivity contribution in [1.82, 2.24) is 0 Å². The van der Waals surface area contributed by atoms with E-state index in [2.05, 4.69) is 10.7 Å². The van der Waals surface area contributed by atoms with Crippen LogP contribution in [0.25, 0.3) is 0 Å². The molecule has 4 N–H and O–H groups in total. The van der Waals surface area contributed by atoms with E-state index >= 15 is 0 Å². The van der Waals surface area contributed by atoms with Crippen LogP contribution in [0.5, 0.6) is 0 Å². The number of anilines is 2. The summed E-state index contributed by atoms with van der Waals surface area (Å²) < 4.78 is 26.5. The molecule has 0 fully saturated rings. The van der Waals surface area contributed by atoms with E-state index in [-0.39, 0.29) is 11.3 Å². The maximum atomic E-state index is 13.5. The zero-order valence-electron chi connectivity index (χ0n) is 10.7. The first kappa shape index (κ1) is 14.0. The molecule has 6 heteroatoms. The van der Waals surface area contributed by atoms with Crippen molar-refractivity contribution in [2.45, 2.75) is 6.92 Å². The number of aryl methyl sites for hydroxylation is 1. The van der Waals surface area contributed by atoms with Gasteiger partial charge in [0.1, 0.15) is 11.6 Å². The van der Waals surface area contributed by atoms with Gasteiger partial charge < -0.3 is 10.7 Å². The molecule has 104 valence electrons. The molecule has 0 aromatic heterocycles. The van der Waals surface area contributed by atoms with Crippen LogP contribution in [-0.4, -0.2) is 5.91 Å². The average molecular weight is 277 g/mol. The second-order valence-corrected chi connectivity index (χ2v) is 4.22. The highest BCUT2D eigenvalue weighted by atomic mass is 19.1. The molecule has 0 atom stereocenters. The maximum absolute atomic E-state index is 13.5. The molecule has 2 aromatic rings. The van der Waals surface area contributed by atoms with Crippen molar-refractivity contribution in [3.63, 3.8) is 0 Å². The molecule has 0 aliphatic heterocycles. The summed E-state index contributed by atoms with van der Waals surface area (Å²) in [6, 6.07) is 8.00. The Bertz CT molecular complexity index is 659. The van der Waals surface area contributed by atoms with Crippen LogP contribution in [0.2, 0.25) is 0 Å². The number of hydrogen-bond acceptors (Lipinski definition) is 3. The van der Waals surface area contributed by atoms with Gasteiger partial charge in [-0.1, -0.05) is 6.07 Å². The molecule has 0 aliphatic rings. The molecule has 4 nitrogen and oxygen atoms in total. The van der Waals surface area contributed by atoms with Gasteiger partial charge in [-0.3, -0.25) is 10.6 Å². The molecular weight excluding hydrogens is 264 g/mol. The first-order chi connectivity index (χ1) is 9.52. The molecule has 20 heavy (non-hydrogen) atoms. The largest absolute Gasteiger partial charge is 0.322 e. The van der Waals surface area contributed by atoms with Crippen molar-refractivity contribution in [2.75, 3.05) is 10.7 Å². The fourth-order valence-corrected chi connectivity index (χ4v) is 1.82. The number of nitrogens with two attached hydrogens (primary N) is 1. The summed E-state index contributed by atoms with van der Waals surface area (Å²) in [5, 5.41) is 2.59. The minimum atomic E-state index is -0.629. The smallest absolute Gasteiger partial charge is 0.257 e. The van der Waals surface area contributed by atoms with E-state index in [4.69, 9.17) is 5.84 Å². The van der Waals surface area contributed by atoms with Crippen LogP contribution >= 0.6 is 0 Å². The van der Waals surface area contributed by atoms with Gasteiger partial charge in [0.2, 0.25) is 0 Å². The van der Waals surface area contributed by atoms with Crippen LogP contribution < -0.4 is 16.6 Å². The van der Waals surface area contributed by atoms with Crippen molar-refractivity contribution >= 4 is 17.3 Å². The van der Waals surface area contributed by atoms with Gasteiger partial charge in [-0.15, -0.1) is 0 Å². The minimum Gasteiger partial charge on any atom is -0.322 e. The van der Waals surface area contributed by atoms with E-state index in [0.717, 1.165) is 0 Å². The number of hydrazine groups is 1. The predicted molar refractivity (Wildman–Crippen MR) is 73.3 cm³/mol. The zero-order valence-corrected chi connectivity index (χ0v) is 10.7. The predicted octanol–water partition coefficient (Wildman–Crippen LogP) is 2.81. The van der Waals surface area contributed by atoms with Crippen molar-refractivity contribution in [1.29, 1.82) is 0 Å². The third-order valence-electron chi connectivity index (χ3n) is 2.84. The normalized spacial score (nSPS) is 10.2. The van der Waals surface area contributed by atoms with Gasteiger partial charge in [0, 0.05) is 5.69 Å². The van der Waals surface area contributed by atoms with E-state index in [0.29, 0.717) is 11.3 Å². The Hall–Kier alpha value is -2.47. The number of nitrogen functional groups attached to an aromatic ring is 1. The number of amides is 1. The lowest BCUT2D eigenvalue weighted by molar-refractivity contribution is 0.102. The molecule has 0 aliphatic carbocycles. The summed E-state index contributed by atoms with van der Waals surface area (Å²) in [5.74, 6) is 3.66. The summed E-state index contributed by atoms with van der Waals surface area (Å²) in [7, 11) is 0. The summed E-state index contributed by atoms with van der Waals surface area (Å²) >= 11 is 0. The Morgan fingerprint density at radius 3 is 2.60 bits per heavy atom. The Labute approximate surface area is 114 Å². The fourth-order valence-electron chi connectivity index (χ4n) is 1.82. The number of hydrogen-bond donors (Lipinski definition) is 3. The third kappa shape index (κ3) is 2.75. The Kier molecular flexibility index (Phi) is 3.95. The van der Waals surface area contributed by atoms with Crippen LogP contribution in [0.3, 0.4) is 0 Å². The number of para-hydroxylation sites is 1. The van der Waals surface area contributed by atoms with E-state index in [1.54, 1.807) is 6.92 Å². The summed E-state index contributed by atoms with van der Waals surface area (Å²) in [6.07, 6.45) is 0. The zero-order chi connectivity index (χ0) is 14.7. The molecule has 2 rings (SSSR count). The van der Waals surface area contributed by atoms with Crippen LogP contribution in [-0.2, 0) is 0 Å². The first-order valence-electron chi connectivity index (χ1n) is 5.85. The lowest BCUT2D eigenvalue weighted by Gasteiger charge is -2.12. The quantitative estimate of drug-likeness (QED) is 0.597. The van der Waals surface area contributed by atoms with Gasteiger partial charge in [0.15, 0.2) is 0 Å². The molecule has 0 radical (unpaired) electrons. The molecule has 0 saturated carbocycles. The number of rotatable bonds is 3. The molecule has 0 heterocycles. The van der Waals surface area contributed by atoms with Crippen LogP contribution in [0, 0.1) is 18.6 Å². The molecule has 0 unspecified atom stereocenters. The monoisotopic (exact) mass is 277 g/mol. The molecule has 2 aromatic carbocycles. The maximum Gasteiger partial charge on any atom is 0.257 e. The van der Waals surface area contributed by atoms with E-state index in [1.165, 1.54) is 36.4 Å². The lowest BCUT2D eigenvalue weighted by Crippen LogP contribution is -2.18. The summed E-state index contributed by atoms with van der Waals surface area (Å²) in [5.41, 5.74) is 3.15. The second kappa shape index (κ2) is 5.66. The van der Waals surface area contributed by atoms with Gasteiger partial charge in [0.05, 0.1) is 11.3 Å². The molecule has 0 bridgehead atoms. The van der Waals surface area contributed by atoms with Crippen molar-refractivity contribution in [2.24, 2.45) is 5.84 Å². The van der Waals surface area contributed by atoms with E-state index < -0.39 is 17.5 Å². The van der Waals surface area contributed by atoms with Crippen LogP contribution in [0.15, 0.2) is 36.4 Å². The van der Waals surface area contributed by atoms with Crippen molar-refractivity contribution in [3.05, 3.63) is 59.2 Å². The summed E-state index contributed by atoms with van der Waals surface area (Å²) in [4.78, 5) is 12.1. The SMILES string of the molecule is Cc1cc(F)ccc1NC(=O)c1cccc(F)c1NN. The topological polar surface area (TPSA) is 67.2 Å². The highest BCUT2D eigenvalue weighted by Crippen LogP contribution is 2.21. The standard InChI is InChI=1S/C14H13F2N3O/c1-8-7-9(15)5-6-12(8)18-14(20)10-3-2-4-11(16)13(10)19-17/h2-7,19H,17H2,1H3,(H,18,20). The third-order valence-corrected chi connectivity index (χ3v) is 2.84. The van der Waals surface area contributed by atoms with E-state index in [9.17, 15) is 13.6 Å². The fraction of sp³-hybridized carbons (Fsp3) is 0.0714. The Morgan fingerprint density at radius 2 is 1.95 bits per heavy atom. The number of carbonyl (C=O) groups excluding carboxylic acids is 1. The second-order valence-electron chi connectivity index (χ2n) is 4.22. The number of halogens is 2. The van der Waals surface area contributed by atoms with Gasteiger partial charge in [-0.2, -0.15) is 0 Å². The molecule has 1 amide bonds. The lowest BCUT2D eigenvalue weighted by atomic mass is 10.1. The average Bonchev–Trinajstić information content (AvgIpc) is 2.41. The van der Waals surface area contributed by atoms with Crippen molar-refractivity contribution in [3.8, 4) is 0 Å². The van der Waals surface area contributed by atoms with Crippen LogP contribution in [0.4, 0.5) is 20.2 Å². The Balaban J connectivity index is 2.31. The first-order valence-corrected chi connectivity index (χ1v) is 5.85. The van der Waals surface area contributed by atoms with Gasteiger partial charge >= 0.3 is 0 Å². The minimum absolute atomic E-state index is 0.0659. The van der Waals surface area contributed by atoms with Gasteiger partial charge in [-0.05, 0) is 42.8 Å². The molecule has 0 spiro atoms. The number of benzene rings is 2. The highest BCUT2D eigenvalue weighted by molar-refractivity contribution is 6.08. The number of nitrogens with one attached hydrogen (secondary N) is 2. The molecule has 0 saturated heterocycles. The van der Waals surface area contributed by atoms with Crippen molar-refractivity contribution < 1.29 is 13.6 Å². The van der Waals surface area contributed by atoms with Gasteiger partial charge in [-0.25, -0.2) is 8.78 Å². The summed E-state index contributed by atoms with van der Waals surface area (Å²) in [6.45, 7) is 1.66. The highest BCUT2D eigenvalue weighted by Gasteiger charge is 2.15.